The minimum Gasteiger partial charge on any atom is -2.00 e. The monoisotopic (exact) mass is 799 g/mol. The third-order valence-corrected chi connectivity index (χ3v) is 5.56. The molecule has 0 N–H and O–H groups in total. The molecule has 0 fully saturated rings. The molecule has 1 aliphatic carbocycles. The first-order valence-electron chi connectivity index (χ1n) is 12.6. The summed E-state index contributed by atoms with van der Waals surface area (Å²) in [6.07, 6.45) is 8.21. The predicted octanol–water partition coefficient (Wildman–Crippen LogP) is 3.37. The maximum absolute atomic E-state index is 12.4. The van der Waals surface area contributed by atoms with Gasteiger partial charge < -0.3 is 36.1 Å². The van der Waals surface area contributed by atoms with Crippen LogP contribution in [0.15, 0.2) is 70.3 Å². The molecule has 1 aromatic carbocycles. The van der Waals surface area contributed by atoms with Crippen LogP contribution in [0.4, 0.5) is 5.69 Å². The summed E-state index contributed by atoms with van der Waals surface area (Å²) < 4.78 is 0. The molecule has 0 heterocycles. The van der Waals surface area contributed by atoms with Crippen molar-refractivity contribution >= 4 is 24.1 Å². The number of anilines is 1. The number of ketones is 1. The summed E-state index contributed by atoms with van der Waals surface area (Å²) >= 11 is 0. The first-order valence-corrected chi connectivity index (χ1v) is 12.6. The molecule has 12 nitrogen and oxygen atoms in total. The van der Waals surface area contributed by atoms with Crippen molar-refractivity contribution < 1.29 is 56.8 Å². The van der Waals surface area contributed by atoms with E-state index in [1.165, 1.54) is 29.5 Å². The van der Waals surface area contributed by atoms with Crippen molar-refractivity contribution in [1.29, 1.82) is 10.5 Å². The van der Waals surface area contributed by atoms with Crippen LogP contribution in [0.25, 0.3) is 5.32 Å². The number of benzene rings is 1. The van der Waals surface area contributed by atoms with E-state index in [9.17, 15) is 25.2 Å². The van der Waals surface area contributed by atoms with E-state index >= 15 is 0 Å². The Kier molecular flexibility index (Phi) is 23.1. The fourth-order valence-electron chi connectivity index (χ4n) is 3.38. The van der Waals surface area contributed by atoms with Gasteiger partial charge in [0.25, 0.3) is 0 Å². The quantitative estimate of drug-likeness (QED) is 0.142. The van der Waals surface area contributed by atoms with Crippen LogP contribution in [-0.2, 0) is 20.5 Å². The van der Waals surface area contributed by atoms with E-state index in [4.69, 9.17) is 0 Å². The average molecular weight is 800 g/mol. The largest absolute Gasteiger partial charge is 2.00 e. The van der Waals surface area contributed by atoms with E-state index in [1.807, 2.05) is 61.8 Å². The van der Waals surface area contributed by atoms with Gasteiger partial charge in [0.1, 0.15) is 11.8 Å². The van der Waals surface area contributed by atoms with Crippen molar-refractivity contribution in [3.63, 3.8) is 0 Å². The maximum Gasteiger partial charge on any atom is 0.209 e. The van der Waals surface area contributed by atoms with Crippen molar-refractivity contribution in [2.75, 3.05) is 45.2 Å². The number of carbonyl (C=O) groups excluding carboxylic acids is 2. The van der Waals surface area contributed by atoms with Gasteiger partial charge >= 0.3 is 0 Å². The van der Waals surface area contributed by atoms with Gasteiger partial charge in [-0.1, -0.05) is 17.9 Å². The third-order valence-electron chi connectivity index (χ3n) is 5.56. The average Bonchev–Trinajstić information content (AvgIpc) is 2.93. The number of aliphatic imine (C=N–C) groups is 1. The molecule has 1 aromatic rings. The van der Waals surface area contributed by atoms with Crippen molar-refractivity contribution in [2.24, 2.45) is 4.99 Å². The zero-order valence-electron chi connectivity index (χ0n) is 24.7. The van der Waals surface area contributed by atoms with Crippen molar-refractivity contribution in [3.05, 3.63) is 76.2 Å². The van der Waals surface area contributed by atoms with Gasteiger partial charge in [-0.15, -0.1) is 0 Å². The Hall–Kier alpha value is -3.86. The van der Waals surface area contributed by atoms with Gasteiger partial charge in [0.15, 0.2) is 5.78 Å². The van der Waals surface area contributed by atoms with Gasteiger partial charge in [-0.3, -0.25) is 9.59 Å². The minimum absolute atomic E-state index is 0. The third kappa shape index (κ3) is 13.2. The Morgan fingerprint density at radius 2 is 1.57 bits per heavy atom. The van der Waals surface area contributed by atoms with Gasteiger partial charge in [0, 0.05) is 101 Å². The number of amides is 1. The molecule has 0 aromatic heterocycles. The Labute approximate surface area is 272 Å². The Balaban J connectivity index is -0.00000175. The van der Waals surface area contributed by atoms with Crippen LogP contribution in [0.2, 0.25) is 0 Å². The summed E-state index contributed by atoms with van der Waals surface area (Å²) in [4.78, 5) is 31.4. The fraction of sp³-hybridized carbons (Fsp3) is 0.345. The van der Waals surface area contributed by atoms with E-state index < -0.39 is 0 Å². The Morgan fingerprint density at radius 1 is 1.00 bits per heavy atom. The first kappa shape index (κ1) is 42.6. The van der Waals surface area contributed by atoms with Crippen LogP contribution in [-0.4, -0.2) is 68.5 Å². The van der Waals surface area contributed by atoms with E-state index in [1.54, 1.807) is 26.2 Å². The van der Waals surface area contributed by atoms with Crippen molar-refractivity contribution in [3.8, 4) is 17.9 Å². The van der Waals surface area contributed by atoms with Crippen LogP contribution < -0.4 is 10.0 Å². The number of rotatable bonds is 11. The van der Waals surface area contributed by atoms with E-state index in [2.05, 4.69) is 10.3 Å². The molecule has 0 atom stereocenters. The molecule has 0 bridgehead atoms. The minimum atomic E-state index is -0.252. The molecule has 0 saturated heterocycles. The molecule has 2 rings (SSSR count). The number of hydrogen-bond acceptors (Lipinski definition) is 8. The van der Waals surface area contributed by atoms with E-state index in [-0.39, 0.29) is 65.0 Å². The number of hydrogen-bond donors (Lipinski definition) is 0. The van der Waals surface area contributed by atoms with Crippen LogP contribution in [0.1, 0.15) is 33.3 Å². The standard InChI is InChI=1S/C26H30N6O2.C3H7NO.2O.U/c1-5-31(6-2)21-11-9-19(25(33)13-21)17-29-23(15-27)24(16-28)30-18-20-10-12-22(14-26(20)34)32(7-3)8-4;1-4(2)3-5;;;/h9-14,17-18H,5-8H2,1-4H3,(H2,29,30,33,34);3H,1-2H3;;;/q;;2*-2;/p-2/b24-23-;;;;. The molecule has 0 saturated carbocycles. The summed E-state index contributed by atoms with van der Waals surface area (Å²) in [5.41, 5.74) is 1.70. The zero-order chi connectivity index (χ0) is 29.4. The first-order chi connectivity index (χ1) is 18.7. The molecule has 0 unspecified atom stereocenters. The number of carbonyl (C=O) groups is 2. The topological polar surface area (TPSA) is 198 Å². The summed E-state index contributed by atoms with van der Waals surface area (Å²) in [5, 5.41) is 35.4. The molecular formula is C29H35N7O5U-6. The maximum atomic E-state index is 12.4. The van der Waals surface area contributed by atoms with Crippen LogP contribution in [0, 0.1) is 53.8 Å². The molecule has 1 aliphatic rings. The predicted molar refractivity (Wildman–Crippen MR) is 153 cm³/mol. The number of nitrogens with zero attached hydrogens (tertiary/aromatic N) is 7. The molecule has 226 valence electrons. The van der Waals surface area contributed by atoms with Crippen LogP contribution in [0.3, 0.4) is 0 Å². The molecular weight excluding hydrogens is 764 g/mol. The molecule has 0 aliphatic heterocycles. The second-order valence-electron chi connectivity index (χ2n) is 8.30. The SMILES string of the molecule is CCN(CC)C1=CC(=O)/C(=C\[N-]/C(C#N)=C(/C#N)N=Cc2ccc(N(CC)CC)cc2[O-])C=C1.CN(C)C=O.[O-2].[O-2].[U]. The van der Waals surface area contributed by atoms with E-state index in [0.29, 0.717) is 11.1 Å². The summed E-state index contributed by atoms with van der Waals surface area (Å²) in [6.45, 7) is 11.1. The second kappa shape index (κ2) is 22.8. The Morgan fingerprint density at radius 3 is 2.00 bits per heavy atom. The van der Waals surface area contributed by atoms with Crippen molar-refractivity contribution in [1.82, 2.24) is 9.80 Å². The molecule has 0 radical (unpaired) electrons. The van der Waals surface area contributed by atoms with Gasteiger partial charge in [-0.25, -0.2) is 4.99 Å². The summed E-state index contributed by atoms with van der Waals surface area (Å²) in [6, 6.07) is 8.62. The molecule has 1 amide bonds. The normalized spacial score (nSPS) is 12.9. The van der Waals surface area contributed by atoms with Crippen molar-refractivity contribution in [2.45, 2.75) is 27.7 Å². The Bertz CT molecular complexity index is 1250. The zero-order valence-corrected chi connectivity index (χ0v) is 28.9. The van der Waals surface area contributed by atoms with Crippen LogP contribution >= 0.6 is 0 Å². The molecule has 42 heavy (non-hydrogen) atoms. The smallest absolute Gasteiger partial charge is 0.209 e. The van der Waals surface area contributed by atoms with Gasteiger partial charge in [0.2, 0.25) is 6.41 Å². The van der Waals surface area contributed by atoms with Gasteiger partial charge in [0.05, 0.1) is 6.07 Å². The molecule has 13 heteroatoms. The van der Waals surface area contributed by atoms with E-state index in [0.717, 1.165) is 44.0 Å². The fourth-order valence-corrected chi connectivity index (χ4v) is 3.38. The number of nitriles is 2. The summed E-state index contributed by atoms with van der Waals surface area (Å²) in [5.74, 6) is -0.478. The second-order valence-corrected chi connectivity index (χ2v) is 8.30. The summed E-state index contributed by atoms with van der Waals surface area (Å²) in [7, 11) is 3.38. The molecule has 0 spiro atoms. The number of allylic oxidation sites excluding steroid dienone is 6. The van der Waals surface area contributed by atoms with Gasteiger partial charge in [-0.2, -0.15) is 16.7 Å². The number of likely N-dealkylation sites (N-methyl/N-ethyl adjacent to an activating group) is 1. The van der Waals surface area contributed by atoms with Gasteiger partial charge in [-0.05, 0) is 57.2 Å². The van der Waals surface area contributed by atoms with Crippen LogP contribution in [0.5, 0.6) is 5.75 Å².